The molecule has 0 saturated carbocycles. The van der Waals surface area contributed by atoms with Crippen LogP contribution in [-0.4, -0.2) is 38.4 Å². The van der Waals surface area contributed by atoms with Gasteiger partial charge in [-0.05, 0) is 74.9 Å². The van der Waals surface area contributed by atoms with Gasteiger partial charge in [-0.1, -0.05) is 13.0 Å². The second-order valence-electron chi connectivity index (χ2n) is 6.38. The summed E-state index contributed by atoms with van der Waals surface area (Å²) >= 11 is 0. The third-order valence-corrected chi connectivity index (χ3v) is 6.78. The van der Waals surface area contributed by atoms with E-state index < -0.39 is 10.0 Å². The van der Waals surface area contributed by atoms with E-state index >= 15 is 0 Å². The van der Waals surface area contributed by atoms with E-state index in [9.17, 15) is 8.42 Å². The molecule has 1 N–H and O–H groups in total. The lowest BCUT2D eigenvalue weighted by Gasteiger charge is -2.33. The molecule has 0 bridgehead atoms. The lowest BCUT2D eigenvalue weighted by molar-refractivity contribution is 0.262. The molecule has 1 aliphatic heterocycles. The molecule has 0 unspecified atom stereocenters. The van der Waals surface area contributed by atoms with Crippen LogP contribution in [0.25, 0.3) is 0 Å². The number of nitrogens with one attached hydrogen (secondary N) is 1. The van der Waals surface area contributed by atoms with Crippen LogP contribution in [-0.2, 0) is 22.9 Å². The second kappa shape index (κ2) is 7.97. The molecule has 4 nitrogen and oxygen atoms in total. The normalized spacial score (nSPS) is 18.7. The molecule has 0 atom stereocenters. The maximum Gasteiger partial charge on any atom is 0.243 e. The van der Waals surface area contributed by atoms with E-state index in [-0.39, 0.29) is 18.4 Å². The molecular formula is C17H27ClN2O2S. The van der Waals surface area contributed by atoms with Crippen molar-refractivity contribution in [1.29, 1.82) is 0 Å². The van der Waals surface area contributed by atoms with Gasteiger partial charge in [-0.15, -0.1) is 12.4 Å². The summed E-state index contributed by atoms with van der Waals surface area (Å²) in [6.45, 7) is 4.48. The second-order valence-corrected chi connectivity index (χ2v) is 8.27. The van der Waals surface area contributed by atoms with E-state index in [1.54, 1.807) is 4.31 Å². The van der Waals surface area contributed by atoms with Crippen LogP contribution in [0.2, 0.25) is 0 Å². The highest BCUT2D eigenvalue weighted by atomic mass is 35.5. The van der Waals surface area contributed by atoms with Gasteiger partial charge in [0.25, 0.3) is 0 Å². The number of sulfonamides is 1. The van der Waals surface area contributed by atoms with E-state index in [0.717, 1.165) is 51.6 Å². The van der Waals surface area contributed by atoms with Crippen LogP contribution in [0, 0.1) is 0 Å². The minimum atomic E-state index is -3.38. The van der Waals surface area contributed by atoms with E-state index in [2.05, 4.69) is 5.32 Å². The Balaban J connectivity index is 0.00000192. The highest BCUT2D eigenvalue weighted by Crippen LogP contribution is 2.28. The summed E-state index contributed by atoms with van der Waals surface area (Å²) in [7, 11) is -3.38. The van der Waals surface area contributed by atoms with Gasteiger partial charge in [0.1, 0.15) is 0 Å². The predicted molar refractivity (Wildman–Crippen MR) is 95.8 cm³/mol. The van der Waals surface area contributed by atoms with Crippen LogP contribution in [0.5, 0.6) is 0 Å². The van der Waals surface area contributed by atoms with E-state index in [1.165, 1.54) is 11.1 Å². The molecule has 2 aliphatic rings. The molecule has 0 radical (unpaired) electrons. The average Bonchev–Trinajstić information content (AvgIpc) is 3.00. The number of rotatable bonds is 5. The Kier molecular flexibility index (Phi) is 6.48. The Hall–Kier alpha value is -0.620. The zero-order chi connectivity index (χ0) is 15.6. The van der Waals surface area contributed by atoms with E-state index in [4.69, 9.17) is 0 Å². The molecule has 130 valence electrons. The number of hydrogen-bond donors (Lipinski definition) is 1. The Morgan fingerprint density at radius 2 is 1.87 bits per heavy atom. The van der Waals surface area contributed by atoms with Gasteiger partial charge in [0.2, 0.25) is 10.0 Å². The predicted octanol–water partition coefficient (Wildman–Crippen LogP) is 2.75. The van der Waals surface area contributed by atoms with Crippen molar-refractivity contribution in [3.05, 3.63) is 29.3 Å². The van der Waals surface area contributed by atoms with Crippen molar-refractivity contribution in [2.24, 2.45) is 0 Å². The molecule has 3 rings (SSSR count). The Morgan fingerprint density at radius 1 is 1.17 bits per heavy atom. The standard InChI is InChI=1S/C17H26N2O2S.ClH/c1-2-12-19(16-8-10-18-11-9-16)22(20,21)17-7-6-14-4-3-5-15(14)13-17;/h6-7,13,16,18H,2-5,8-12H2,1H3;1H. The third-order valence-electron chi connectivity index (χ3n) is 4.84. The first kappa shape index (κ1) is 18.7. The van der Waals surface area contributed by atoms with Crippen LogP contribution < -0.4 is 5.32 Å². The number of fused-ring (bicyclic) bond motifs is 1. The fourth-order valence-corrected chi connectivity index (χ4v) is 5.49. The molecule has 23 heavy (non-hydrogen) atoms. The van der Waals surface area contributed by atoms with Crippen molar-refractivity contribution in [2.45, 2.75) is 56.4 Å². The first-order valence-corrected chi connectivity index (χ1v) is 9.91. The third kappa shape index (κ3) is 3.90. The largest absolute Gasteiger partial charge is 0.317 e. The van der Waals surface area contributed by atoms with Crippen molar-refractivity contribution in [2.75, 3.05) is 19.6 Å². The highest BCUT2D eigenvalue weighted by molar-refractivity contribution is 7.89. The van der Waals surface area contributed by atoms with E-state index in [0.29, 0.717) is 11.4 Å². The molecule has 1 aliphatic carbocycles. The maximum atomic E-state index is 13.1. The molecule has 1 aromatic rings. The first-order chi connectivity index (χ1) is 10.6. The van der Waals surface area contributed by atoms with Crippen molar-refractivity contribution in [1.82, 2.24) is 9.62 Å². The number of benzene rings is 1. The number of aryl methyl sites for hydroxylation is 2. The molecule has 1 aromatic carbocycles. The van der Waals surface area contributed by atoms with Crippen molar-refractivity contribution in [3.63, 3.8) is 0 Å². The van der Waals surface area contributed by atoms with Gasteiger partial charge in [-0.3, -0.25) is 0 Å². The summed E-state index contributed by atoms with van der Waals surface area (Å²) in [6, 6.07) is 5.88. The number of hydrogen-bond acceptors (Lipinski definition) is 3. The molecular weight excluding hydrogens is 332 g/mol. The van der Waals surface area contributed by atoms with Crippen LogP contribution in [0.1, 0.15) is 43.7 Å². The van der Waals surface area contributed by atoms with Gasteiger partial charge >= 0.3 is 0 Å². The summed E-state index contributed by atoms with van der Waals surface area (Å²) in [6.07, 6.45) is 5.91. The quantitative estimate of drug-likeness (QED) is 0.880. The van der Waals surface area contributed by atoms with Gasteiger partial charge in [-0.25, -0.2) is 8.42 Å². The molecule has 0 aromatic heterocycles. The fourth-order valence-electron chi connectivity index (χ4n) is 3.66. The number of halogens is 1. The highest BCUT2D eigenvalue weighted by Gasteiger charge is 2.32. The summed E-state index contributed by atoms with van der Waals surface area (Å²) in [4.78, 5) is 0.486. The van der Waals surface area contributed by atoms with Gasteiger partial charge in [0.05, 0.1) is 4.90 Å². The zero-order valence-electron chi connectivity index (χ0n) is 13.8. The zero-order valence-corrected chi connectivity index (χ0v) is 15.4. The Bertz CT molecular complexity index is 627. The Labute approximate surface area is 146 Å². The van der Waals surface area contributed by atoms with E-state index in [1.807, 2.05) is 25.1 Å². The molecule has 1 fully saturated rings. The summed E-state index contributed by atoms with van der Waals surface area (Å²) in [5, 5.41) is 3.32. The number of piperidine rings is 1. The molecule has 0 spiro atoms. The van der Waals surface area contributed by atoms with Gasteiger partial charge in [-0.2, -0.15) is 4.31 Å². The SMILES string of the molecule is CCCN(C1CCNCC1)S(=O)(=O)c1ccc2c(c1)CCC2.Cl. The van der Waals surface area contributed by atoms with Gasteiger partial charge in [0.15, 0.2) is 0 Å². The van der Waals surface area contributed by atoms with Crippen LogP contribution in [0.4, 0.5) is 0 Å². The minimum absolute atomic E-state index is 0. The maximum absolute atomic E-state index is 13.1. The minimum Gasteiger partial charge on any atom is -0.317 e. The summed E-state index contributed by atoms with van der Waals surface area (Å²) < 4.78 is 28.0. The van der Waals surface area contributed by atoms with Crippen LogP contribution >= 0.6 is 12.4 Å². The van der Waals surface area contributed by atoms with Crippen LogP contribution in [0.3, 0.4) is 0 Å². The van der Waals surface area contributed by atoms with Gasteiger partial charge < -0.3 is 5.32 Å². The Morgan fingerprint density at radius 3 is 2.57 bits per heavy atom. The molecule has 1 saturated heterocycles. The molecule has 1 heterocycles. The number of nitrogens with zero attached hydrogens (tertiary/aromatic N) is 1. The summed E-state index contributed by atoms with van der Waals surface area (Å²) in [5.41, 5.74) is 2.55. The average molecular weight is 359 g/mol. The summed E-state index contributed by atoms with van der Waals surface area (Å²) in [5.74, 6) is 0. The lowest BCUT2D eigenvalue weighted by Crippen LogP contribution is -2.46. The smallest absolute Gasteiger partial charge is 0.243 e. The topological polar surface area (TPSA) is 49.4 Å². The van der Waals surface area contributed by atoms with Crippen molar-refractivity contribution in [3.8, 4) is 0 Å². The van der Waals surface area contributed by atoms with Gasteiger partial charge in [0, 0.05) is 12.6 Å². The fraction of sp³-hybridized carbons (Fsp3) is 0.647. The van der Waals surface area contributed by atoms with Crippen LogP contribution in [0.15, 0.2) is 23.1 Å². The van der Waals surface area contributed by atoms with Crippen molar-refractivity contribution >= 4 is 22.4 Å². The monoisotopic (exact) mass is 358 g/mol. The lowest BCUT2D eigenvalue weighted by atomic mass is 10.1. The molecule has 6 heteroatoms. The first-order valence-electron chi connectivity index (χ1n) is 8.47. The molecule has 0 amide bonds. The van der Waals surface area contributed by atoms with Crippen molar-refractivity contribution < 1.29 is 8.42 Å².